The Morgan fingerprint density at radius 2 is 1.96 bits per heavy atom. The van der Waals surface area contributed by atoms with Gasteiger partial charge in [-0.2, -0.15) is 0 Å². The Morgan fingerprint density at radius 3 is 2.58 bits per heavy atom. The first-order chi connectivity index (χ1) is 11.3. The van der Waals surface area contributed by atoms with E-state index in [0.29, 0.717) is 17.2 Å². The summed E-state index contributed by atoms with van der Waals surface area (Å²) in [6, 6.07) is 6.97. The van der Waals surface area contributed by atoms with E-state index in [1.165, 1.54) is 35.8 Å². The zero-order valence-corrected chi connectivity index (χ0v) is 15.5. The summed E-state index contributed by atoms with van der Waals surface area (Å²) in [5.41, 5.74) is 2.24. The van der Waals surface area contributed by atoms with E-state index in [0.717, 1.165) is 23.3 Å². The molecule has 1 aliphatic carbocycles. The number of sulfonamides is 1. The second-order valence-electron chi connectivity index (χ2n) is 6.20. The standard InChI is InChI=1S/C17H20N2O3S2/c1-11-4-7-13(10-15(11)24(21,22)19(2)3)18-17(20)16-14(8-9-23-16)12-5-6-12/h4,7-10,12H,5-6H2,1-3H3,(H,18,20). The monoisotopic (exact) mass is 364 g/mol. The largest absolute Gasteiger partial charge is 0.321 e. The average Bonchev–Trinajstić information content (AvgIpc) is 3.25. The molecule has 0 atom stereocenters. The number of carbonyl (C=O) groups excluding carboxylic acids is 1. The lowest BCUT2D eigenvalue weighted by Crippen LogP contribution is -2.23. The van der Waals surface area contributed by atoms with Crippen LogP contribution < -0.4 is 5.32 Å². The van der Waals surface area contributed by atoms with Gasteiger partial charge in [-0.25, -0.2) is 12.7 Å². The average molecular weight is 364 g/mol. The van der Waals surface area contributed by atoms with Crippen LogP contribution in [0, 0.1) is 6.92 Å². The molecule has 2 aromatic rings. The fourth-order valence-corrected chi connectivity index (χ4v) is 4.58. The fraction of sp³-hybridized carbons (Fsp3) is 0.353. The predicted molar refractivity (Wildman–Crippen MR) is 96.3 cm³/mol. The second kappa shape index (κ2) is 6.31. The summed E-state index contributed by atoms with van der Waals surface area (Å²) in [5, 5.41) is 4.76. The minimum atomic E-state index is -3.55. The third kappa shape index (κ3) is 3.24. The molecule has 7 heteroatoms. The van der Waals surface area contributed by atoms with Crippen molar-refractivity contribution >= 4 is 33.0 Å². The molecule has 0 saturated heterocycles. The summed E-state index contributed by atoms with van der Waals surface area (Å²) in [6.07, 6.45) is 2.26. The number of hydrogen-bond donors (Lipinski definition) is 1. The Hall–Kier alpha value is -1.70. The number of aryl methyl sites for hydroxylation is 1. The number of rotatable bonds is 5. The van der Waals surface area contributed by atoms with Crippen molar-refractivity contribution in [3.8, 4) is 0 Å². The summed E-state index contributed by atoms with van der Waals surface area (Å²) in [5.74, 6) is 0.323. The summed E-state index contributed by atoms with van der Waals surface area (Å²) in [7, 11) is -0.559. The summed E-state index contributed by atoms with van der Waals surface area (Å²) in [6.45, 7) is 1.74. The van der Waals surface area contributed by atoms with Gasteiger partial charge in [0.15, 0.2) is 0 Å². The van der Waals surface area contributed by atoms with Crippen LogP contribution in [0.1, 0.15) is 39.6 Å². The maximum Gasteiger partial charge on any atom is 0.266 e. The minimum absolute atomic E-state index is 0.177. The first kappa shape index (κ1) is 17.1. The van der Waals surface area contributed by atoms with Crippen LogP contribution in [-0.2, 0) is 10.0 Å². The third-order valence-corrected chi connectivity index (χ3v) is 7.01. The quantitative estimate of drug-likeness (QED) is 0.884. The fourth-order valence-electron chi connectivity index (χ4n) is 2.56. The number of amides is 1. The van der Waals surface area contributed by atoms with E-state index in [-0.39, 0.29) is 10.8 Å². The smallest absolute Gasteiger partial charge is 0.266 e. The van der Waals surface area contributed by atoms with Crippen molar-refractivity contribution in [3.05, 3.63) is 45.6 Å². The van der Waals surface area contributed by atoms with Crippen molar-refractivity contribution in [1.29, 1.82) is 0 Å². The predicted octanol–water partition coefficient (Wildman–Crippen LogP) is 3.44. The molecule has 1 saturated carbocycles. The van der Waals surface area contributed by atoms with Crippen LogP contribution >= 0.6 is 11.3 Å². The van der Waals surface area contributed by atoms with Crippen LogP contribution in [0.15, 0.2) is 34.5 Å². The lowest BCUT2D eigenvalue weighted by atomic mass is 10.1. The normalized spacial score (nSPS) is 14.8. The zero-order valence-electron chi connectivity index (χ0n) is 13.9. The lowest BCUT2D eigenvalue weighted by molar-refractivity contribution is 0.102. The molecule has 0 unspecified atom stereocenters. The van der Waals surface area contributed by atoms with E-state index >= 15 is 0 Å². The number of carbonyl (C=O) groups is 1. The van der Waals surface area contributed by atoms with Gasteiger partial charge in [-0.05, 0) is 60.4 Å². The Morgan fingerprint density at radius 1 is 1.25 bits per heavy atom. The van der Waals surface area contributed by atoms with Crippen LogP contribution in [0.4, 0.5) is 5.69 Å². The van der Waals surface area contributed by atoms with E-state index < -0.39 is 10.0 Å². The van der Waals surface area contributed by atoms with Crippen molar-refractivity contribution < 1.29 is 13.2 Å². The van der Waals surface area contributed by atoms with Gasteiger partial charge >= 0.3 is 0 Å². The molecule has 1 aliphatic rings. The molecule has 0 radical (unpaired) electrons. The second-order valence-corrected chi connectivity index (χ2v) is 9.24. The molecular weight excluding hydrogens is 344 g/mol. The molecule has 5 nitrogen and oxygen atoms in total. The van der Waals surface area contributed by atoms with E-state index in [1.54, 1.807) is 19.1 Å². The topological polar surface area (TPSA) is 66.5 Å². The molecule has 0 spiro atoms. The van der Waals surface area contributed by atoms with Gasteiger partial charge in [0.2, 0.25) is 10.0 Å². The van der Waals surface area contributed by atoms with Crippen molar-refractivity contribution in [2.75, 3.05) is 19.4 Å². The summed E-state index contributed by atoms with van der Waals surface area (Å²) < 4.78 is 25.9. The Labute approximate surface area is 146 Å². The van der Waals surface area contributed by atoms with Gasteiger partial charge in [-0.15, -0.1) is 11.3 Å². The van der Waals surface area contributed by atoms with Gasteiger partial charge in [0.1, 0.15) is 0 Å². The van der Waals surface area contributed by atoms with Crippen LogP contribution in [0.3, 0.4) is 0 Å². The maximum absolute atomic E-state index is 12.5. The number of thiophene rings is 1. The molecule has 1 aromatic heterocycles. The zero-order chi connectivity index (χ0) is 17.5. The van der Waals surface area contributed by atoms with Crippen molar-refractivity contribution in [2.45, 2.75) is 30.6 Å². The molecule has 1 heterocycles. The third-order valence-electron chi connectivity index (χ3n) is 4.12. The molecule has 128 valence electrons. The Balaban J connectivity index is 1.88. The molecule has 0 bridgehead atoms. The Bertz CT molecular complexity index is 881. The van der Waals surface area contributed by atoms with Crippen LogP contribution in [0.5, 0.6) is 0 Å². The van der Waals surface area contributed by atoms with E-state index in [4.69, 9.17) is 0 Å². The van der Waals surface area contributed by atoms with Gasteiger partial charge in [0.05, 0.1) is 9.77 Å². The van der Waals surface area contributed by atoms with Gasteiger partial charge < -0.3 is 5.32 Å². The van der Waals surface area contributed by atoms with Crippen molar-refractivity contribution in [3.63, 3.8) is 0 Å². The molecule has 1 fully saturated rings. The number of hydrogen-bond acceptors (Lipinski definition) is 4. The SMILES string of the molecule is Cc1ccc(NC(=O)c2sccc2C2CC2)cc1S(=O)(=O)N(C)C. The molecule has 0 aliphatic heterocycles. The molecular formula is C17H20N2O3S2. The summed E-state index contributed by atoms with van der Waals surface area (Å²) in [4.78, 5) is 13.5. The first-order valence-corrected chi connectivity index (χ1v) is 10.0. The number of anilines is 1. The van der Waals surface area contributed by atoms with E-state index in [9.17, 15) is 13.2 Å². The van der Waals surface area contributed by atoms with Gasteiger partial charge in [-0.1, -0.05) is 6.07 Å². The van der Waals surface area contributed by atoms with Crippen LogP contribution in [-0.4, -0.2) is 32.7 Å². The minimum Gasteiger partial charge on any atom is -0.321 e. The molecule has 24 heavy (non-hydrogen) atoms. The highest BCUT2D eigenvalue weighted by Crippen LogP contribution is 2.43. The molecule has 1 aromatic carbocycles. The summed E-state index contributed by atoms with van der Waals surface area (Å²) >= 11 is 1.42. The van der Waals surface area contributed by atoms with Gasteiger partial charge in [-0.3, -0.25) is 4.79 Å². The lowest BCUT2D eigenvalue weighted by Gasteiger charge is -2.15. The van der Waals surface area contributed by atoms with Crippen LogP contribution in [0.25, 0.3) is 0 Å². The van der Waals surface area contributed by atoms with Crippen molar-refractivity contribution in [2.24, 2.45) is 0 Å². The van der Waals surface area contributed by atoms with E-state index in [1.807, 2.05) is 11.4 Å². The molecule has 3 rings (SSSR count). The first-order valence-electron chi connectivity index (χ1n) is 7.72. The molecule has 1 amide bonds. The van der Waals surface area contributed by atoms with E-state index in [2.05, 4.69) is 5.32 Å². The highest BCUT2D eigenvalue weighted by molar-refractivity contribution is 7.89. The highest BCUT2D eigenvalue weighted by atomic mass is 32.2. The Kier molecular flexibility index (Phi) is 4.50. The molecule has 1 N–H and O–H groups in total. The van der Waals surface area contributed by atoms with Gasteiger partial charge in [0.25, 0.3) is 5.91 Å². The highest BCUT2D eigenvalue weighted by Gasteiger charge is 2.29. The number of nitrogens with one attached hydrogen (secondary N) is 1. The number of nitrogens with zero attached hydrogens (tertiary/aromatic N) is 1. The van der Waals surface area contributed by atoms with Crippen molar-refractivity contribution in [1.82, 2.24) is 4.31 Å². The number of benzene rings is 1. The van der Waals surface area contributed by atoms with Crippen LogP contribution in [0.2, 0.25) is 0 Å². The maximum atomic E-state index is 12.5. The van der Waals surface area contributed by atoms with Gasteiger partial charge in [0, 0.05) is 19.8 Å².